The van der Waals surface area contributed by atoms with Gasteiger partial charge in [-0.2, -0.15) is 0 Å². The Labute approximate surface area is 131 Å². The molecular formula is C15H21BrClNO. The van der Waals surface area contributed by atoms with Gasteiger partial charge in [-0.15, -0.1) is 0 Å². The summed E-state index contributed by atoms with van der Waals surface area (Å²) < 4.78 is 0.960. The van der Waals surface area contributed by atoms with Crippen LogP contribution in [0, 0.1) is 0 Å². The van der Waals surface area contributed by atoms with E-state index in [2.05, 4.69) is 6.92 Å². The molecule has 106 valence electrons. The molecule has 0 spiro atoms. The summed E-state index contributed by atoms with van der Waals surface area (Å²) in [6.07, 6.45) is 3.82. The van der Waals surface area contributed by atoms with Crippen LogP contribution in [-0.4, -0.2) is 36.4 Å². The van der Waals surface area contributed by atoms with Crippen molar-refractivity contribution < 1.29 is 26.3 Å². The fraction of sp³-hybridized carbons (Fsp3) is 0.533. The van der Waals surface area contributed by atoms with E-state index in [0.29, 0.717) is 11.6 Å². The molecule has 0 saturated carbocycles. The van der Waals surface area contributed by atoms with Crippen molar-refractivity contribution >= 4 is 17.4 Å². The highest BCUT2D eigenvalue weighted by Gasteiger charge is 2.30. The van der Waals surface area contributed by atoms with Gasteiger partial charge in [0.1, 0.15) is 6.54 Å². The fourth-order valence-electron chi connectivity index (χ4n) is 2.80. The minimum atomic E-state index is 0. The highest BCUT2D eigenvalue weighted by molar-refractivity contribution is 6.30. The van der Waals surface area contributed by atoms with Gasteiger partial charge < -0.3 is 21.5 Å². The zero-order chi connectivity index (χ0) is 13.0. The number of piperidine rings is 1. The van der Waals surface area contributed by atoms with Crippen molar-refractivity contribution in [2.75, 3.05) is 26.2 Å². The number of carbonyl (C=O) groups excluding carboxylic acids is 1. The third-order valence-corrected chi connectivity index (χ3v) is 4.33. The predicted octanol–water partition coefficient (Wildman–Crippen LogP) is 0.547. The maximum Gasteiger partial charge on any atom is 0.216 e. The number of carbonyl (C=O) groups is 1. The molecule has 0 radical (unpaired) electrons. The number of ketones is 1. The van der Waals surface area contributed by atoms with Crippen LogP contribution in [0.5, 0.6) is 0 Å². The zero-order valence-corrected chi connectivity index (χ0v) is 13.7. The van der Waals surface area contributed by atoms with Crippen LogP contribution in [0.25, 0.3) is 0 Å². The Morgan fingerprint density at radius 3 is 2.26 bits per heavy atom. The van der Waals surface area contributed by atoms with Crippen LogP contribution in [0.4, 0.5) is 0 Å². The molecule has 0 amide bonds. The topological polar surface area (TPSA) is 17.1 Å². The second kappa shape index (κ2) is 7.41. The molecule has 1 aliphatic heterocycles. The third-order valence-electron chi connectivity index (χ3n) is 4.08. The highest BCUT2D eigenvalue weighted by Crippen LogP contribution is 2.20. The first kappa shape index (κ1) is 16.7. The van der Waals surface area contributed by atoms with Crippen molar-refractivity contribution in [2.45, 2.75) is 26.2 Å². The van der Waals surface area contributed by atoms with E-state index in [1.807, 2.05) is 12.1 Å². The molecule has 2 nitrogen and oxygen atoms in total. The van der Waals surface area contributed by atoms with Gasteiger partial charge in [-0.1, -0.05) is 11.6 Å². The summed E-state index contributed by atoms with van der Waals surface area (Å²) in [7, 11) is 0. The van der Waals surface area contributed by atoms with Gasteiger partial charge in [-0.25, -0.2) is 0 Å². The number of benzene rings is 1. The number of halogens is 2. The summed E-state index contributed by atoms with van der Waals surface area (Å²) in [6.45, 7) is 6.18. The Hall–Kier alpha value is -0.380. The number of nitrogens with zero attached hydrogens (tertiary/aromatic N) is 1. The minimum Gasteiger partial charge on any atom is -1.00 e. The average molecular weight is 347 g/mol. The summed E-state index contributed by atoms with van der Waals surface area (Å²) in [5.41, 5.74) is 0.788. The molecule has 1 fully saturated rings. The monoisotopic (exact) mass is 345 g/mol. The first-order chi connectivity index (χ1) is 8.65. The number of likely N-dealkylation sites (tertiary alicyclic amines) is 1. The zero-order valence-electron chi connectivity index (χ0n) is 11.4. The lowest BCUT2D eigenvalue weighted by molar-refractivity contribution is -0.923. The van der Waals surface area contributed by atoms with Gasteiger partial charge in [0.25, 0.3) is 0 Å². The molecule has 1 aromatic carbocycles. The van der Waals surface area contributed by atoms with E-state index in [9.17, 15) is 4.79 Å². The second-order valence-electron chi connectivity index (χ2n) is 5.25. The van der Waals surface area contributed by atoms with Gasteiger partial charge in [0.2, 0.25) is 5.78 Å². The smallest absolute Gasteiger partial charge is 0.216 e. The predicted molar refractivity (Wildman–Crippen MR) is 75.0 cm³/mol. The summed E-state index contributed by atoms with van der Waals surface area (Å²) in [5.74, 6) is 0.246. The summed E-state index contributed by atoms with van der Waals surface area (Å²) in [4.78, 5) is 12.3. The summed E-state index contributed by atoms with van der Waals surface area (Å²) in [6, 6.07) is 7.25. The standard InChI is InChI=1S/C15H21ClNO.BrH/c1-2-17(10-4-3-5-11-17)12-15(18)13-6-8-14(16)9-7-13;/h6-9H,2-5,10-12H2,1H3;1H/q+1;/p-1. The van der Waals surface area contributed by atoms with Gasteiger partial charge in [0.05, 0.1) is 19.6 Å². The van der Waals surface area contributed by atoms with Crippen molar-refractivity contribution in [1.29, 1.82) is 0 Å². The summed E-state index contributed by atoms with van der Waals surface area (Å²) in [5, 5.41) is 0.684. The van der Waals surface area contributed by atoms with Crippen LogP contribution in [0.15, 0.2) is 24.3 Å². The molecule has 2 rings (SSSR count). The minimum absolute atomic E-state index is 0. The molecule has 1 saturated heterocycles. The van der Waals surface area contributed by atoms with E-state index in [-0.39, 0.29) is 22.8 Å². The van der Waals surface area contributed by atoms with Crippen LogP contribution in [0.1, 0.15) is 36.5 Å². The lowest BCUT2D eigenvalue weighted by Crippen LogP contribution is -3.00. The second-order valence-corrected chi connectivity index (χ2v) is 5.69. The number of hydrogen-bond acceptors (Lipinski definition) is 1. The quantitative estimate of drug-likeness (QED) is 0.575. The Bertz CT molecular complexity index is 413. The third kappa shape index (κ3) is 4.30. The first-order valence-electron chi connectivity index (χ1n) is 6.79. The van der Waals surface area contributed by atoms with E-state index in [1.165, 1.54) is 19.3 Å². The fourth-order valence-corrected chi connectivity index (χ4v) is 2.93. The molecule has 1 aromatic rings. The average Bonchev–Trinajstić information content (AvgIpc) is 2.40. The van der Waals surface area contributed by atoms with Crippen LogP contribution < -0.4 is 17.0 Å². The number of hydrogen-bond donors (Lipinski definition) is 0. The molecule has 0 unspecified atom stereocenters. The Morgan fingerprint density at radius 2 is 1.74 bits per heavy atom. The molecule has 1 aliphatic rings. The van der Waals surface area contributed by atoms with E-state index in [0.717, 1.165) is 29.7 Å². The Kier molecular flexibility index (Phi) is 6.51. The maximum absolute atomic E-state index is 12.3. The number of quaternary nitrogens is 1. The van der Waals surface area contributed by atoms with E-state index in [4.69, 9.17) is 11.6 Å². The number of likely N-dealkylation sites (N-methyl/N-ethyl adjacent to an activating group) is 1. The Balaban J connectivity index is 0.00000180. The molecule has 1 heterocycles. The maximum atomic E-state index is 12.3. The lowest BCUT2D eigenvalue weighted by atomic mass is 10.0. The van der Waals surface area contributed by atoms with Crippen molar-refractivity contribution in [3.63, 3.8) is 0 Å². The molecule has 0 aliphatic carbocycles. The highest BCUT2D eigenvalue weighted by atomic mass is 79.9. The van der Waals surface area contributed by atoms with E-state index >= 15 is 0 Å². The van der Waals surface area contributed by atoms with Crippen LogP contribution in [0.2, 0.25) is 5.02 Å². The molecule has 0 N–H and O–H groups in total. The van der Waals surface area contributed by atoms with Crippen LogP contribution in [0.3, 0.4) is 0 Å². The van der Waals surface area contributed by atoms with E-state index < -0.39 is 0 Å². The van der Waals surface area contributed by atoms with Gasteiger partial charge >= 0.3 is 0 Å². The van der Waals surface area contributed by atoms with Crippen molar-refractivity contribution in [3.05, 3.63) is 34.9 Å². The van der Waals surface area contributed by atoms with E-state index in [1.54, 1.807) is 12.1 Å². The van der Waals surface area contributed by atoms with Gasteiger partial charge in [-0.05, 0) is 50.5 Å². The van der Waals surface area contributed by atoms with Crippen molar-refractivity contribution in [2.24, 2.45) is 0 Å². The van der Waals surface area contributed by atoms with Crippen LogP contribution in [-0.2, 0) is 0 Å². The SMILES string of the molecule is CC[N+]1(CC(=O)c2ccc(Cl)cc2)CCCCC1.[Br-]. The van der Waals surface area contributed by atoms with Crippen molar-refractivity contribution in [3.8, 4) is 0 Å². The number of rotatable bonds is 4. The van der Waals surface area contributed by atoms with Gasteiger partial charge in [0.15, 0.2) is 0 Å². The van der Waals surface area contributed by atoms with Crippen molar-refractivity contribution in [1.82, 2.24) is 0 Å². The molecule has 4 heteroatoms. The molecule has 0 bridgehead atoms. The normalized spacial score (nSPS) is 17.6. The molecule has 0 atom stereocenters. The van der Waals surface area contributed by atoms with Crippen LogP contribution >= 0.6 is 11.6 Å². The summed E-state index contributed by atoms with van der Waals surface area (Å²) >= 11 is 5.85. The molecule has 0 aromatic heterocycles. The largest absolute Gasteiger partial charge is 1.00 e. The molecular weight excluding hydrogens is 326 g/mol. The first-order valence-corrected chi connectivity index (χ1v) is 7.17. The van der Waals surface area contributed by atoms with Gasteiger partial charge in [-0.3, -0.25) is 4.79 Å². The lowest BCUT2D eigenvalue weighted by Gasteiger charge is -2.40. The Morgan fingerprint density at radius 1 is 1.16 bits per heavy atom. The number of Topliss-reactive ketones (excluding diaryl/α,β-unsaturated/α-hetero) is 1. The molecule has 19 heavy (non-hydrogen) atoms. The van der Waals surface area contributed by atoms with Gasteiger partial charge in [0, 0.05) is 10.6 Å².